The average Bonchev–Trinajstić information content (AvgIpc) is 3.12. The molecule has 2 aliphatic rings. The van der Waals surface area contributed by atoms with Gasteiger partial charge < -0.3 is 5.32 Å². The molecule has 1 aromatic heterocycles. The van der Waals surface area contributed by atoms with Crippen molar-refractivity contribution in [1.82, 2.24) is 20.4 Å². The van der Waals surface area contributed by atoms with E-state index in [0.29, 0.717) is 5.92 Å². The minimum Gasteiger partial charge on any atom is -0.315 e. The molecule has 2 N–H and O–H groups in total. The number of aromatic amines is 1. The summed E-state index contributed by atoms with van der Waals surface area (Å²) in [5.74, 6) is 0.624. The molecule has 2 fully saturated rings. The van der Waals surface area contributed by atoms with Crippen LogP contribution in [0.5, 0.6) is 0 Å². The molecule has 1 aromatic carbocycles. The Morgan fingerprint density at radius 2 is 1.92 bits per heavy atom. The molecular weight excluding hydrogens is 296 g/mol. The Bertz CT molecular complexity index is 622. The topological polar surface area (TPSA) is 44.0 Å². The highest BCUT2D eigenvalue weighted by Gasteiger charge is 2.27. The third-order valence-electron chi connectivity index (χ3n) is 5.62. The number of hydrogen-bond donors (Lipinski definition) is 2. The number of aromatic nitrogens is 2. The van der Waals surface area contributed by atoms with Crippen molar-refractivity contribution in [3.8, 4) is 0 Å². The summed E-state index contributed by atoms with van der Waals surface area (Å²) >= 11 is 0. The maximum Gasteiger partial charge on any atom is 0.0656 e. The molecule has 1 atom stereocenters. The van der Waals surface area contributed by atoms with Crippen molar-refractivity contribution >= 4 is 0 Å². The summed E-state index contributed by atoms with van der Waals surface area (Å²) in [5.41, 5.74) is 3.84. The van der Waals surface area contributed by atoms with Crippen LogP contribution in [0.1, 0.15) is 48.6 Å². The molecule has 0 unspecified atom stereocenters. The quantitative estimate of drug-likeness (QED) is 0.909. The van der Waals surface area contributed by atoms with Crippen LogP contribution in [0.25, 0.3) is 0 Å². The first-order valence-electron chi connectivity index (χ1n) is 9.41. The Labute approximate surface area is 144 Å². The molecule has 0 saturated carbocycles. The van der Waals surface area contributed by atoms with Gasteiger partial charge in [-0.1, -0.05) is 30.3 Å². The Balaban J connectivity index is 1.32. The minimum atomic E-state index is 0.624. The first kappa shape index (κ1) is 15.9. The van der Waals surface area contributed by atoms with Crippen molar-refractivity contribution in [2.45, 2.75) is 44.1 Å². The zero-order chi connectivity index (χ0) is 16.2. The van der Waals surface area contributed by atoms with E-state index in [0.717, 1.165) is 12.5 Å². The number of hydrogen-bond acceptors (Lipinski definition) is 3. The molecule has 2 aromatic rings. The van der Waals surface area contributed by atoms with E-state index in [1.54, 1.807) is 0 Å². The number of H-pyrrole nitrogens is 1. The first-order chi connectivity index (χ1) is 11.9. The van der Waals surface area contributed by atoms with Gasteiger partial charge >= 0.3 is 0 Å². The van der Waals surface area contributed by atoms with Crippen LogP contribution in [0.2, 0.25) is 0 Å². The van der Waals surface area contributed by atoms with Crippen molar-refractivity contribution in [2.75, 3.05) is 26.2 Å². The third-order valence-corrected chi connectivity index (χ3v) is 5.62. The summed E-state index contributed by atoms with van der Waals surface area (Å²) in [6, 6.07) is 13.7. The van der Waals surface area contributed by atoms with Gasteiger partial charge in [-0.3, -0.25) is 10.00 Å². The number of rotatable bonds is 4. The lowest BCUT2D eigenvalue weighted by Crippen LogP contribution is -2.48. The van der Waals surface area contributed by atoms with E-state index in [1.165, 1.54) is 68.8 Å². The highest BCUT2D eigenvalue weighted by Crippen LogP contribution is 2.29. The van der Waals surface area contributed by atoms with Crippen LogP contribution in [-0.4, -0.2) is 47.3 Å². The summed E-state index contributed by atoms with van der Waals surface area (Å²) in [6.45, 7) is 4.81. The molecule has 0 radical (unpaired) electrons. The molecule has 2 saturated heterocycles. The molecule has 0 bridgehead atoms. The Morgan fingerprint density at radius 3 is 2.67 bits per heavy atom. The van der Waals surface area contributed by atoms with Crippen LogP contribution in [0.15, 0.2) is 36.4 Å². The Kier molecular flexibility index (Phi) is 4.95. The summed E-state index contributed by atoms with van der Waals surface area (Å²) < 4.78 is 0. The average molecular weight is 324 g/mol. The van der Waals surface area contributed by atoms with Gasteiger partial charge in [-0.2, -0.15) is 5.10 Å². The van der Waals surface area contributed by atoms with Crippen LogP contribution in [0.3, 0.4) is 0 Å². The maximum atomic E-state index is 4.62. The van der Waals surface area contributed by atoms with Gasteiger partial charge in [-0.05, 0) is 56.9 Å². The van der Waals surface area contributed by atoms with E-state index < -0.39 is 0 Å². The second kappa shape index (κ2) is 7.49. The van der Waals surface area contributed by atoms with E-state index >= 15 is 0 Å². The minimum absolute atomic E-state index is 0.624. The van der Waals surface area contributed by atoms with Crippen molar-refractivity contribution < 1.29 is 0 Å². The summed E-state index contributed by atoms with van der Waals surface area (Å²) in [5, 5.41) is 11.4. The second-order valence-corrected chi connectivity index (χ2v) is 7.29. The van der Waals surface area contributed by atoms with E-state index in [1.807, 2.05) is 0 Å². The van der Waals surface area contributed by atoms with E-state index in [2.05, 4.69) is 56.8 Å². The molecule has 3 heterocycles. The third kappa shape index (κ3) is 3.70. The zero-order valence-corrected chi connectivity index (χ0v) is 14.4. The van der Waals surface area contributed by atoms with Gasteiger partial charge in [0.15, 0.2) is 0 Å². The first-order valence-corrected chi connectivity index (χ1v) is 9.41. The van der Waals surface area contributed by atoms with Gasteiger partial charge in [-0.15, -0.1) is 0 Å². The zero-order valence-electron chi connectivity index (χ0n) is 14.4. The van der Waals surface area contributed by atoms with Crippen molar-refractivity contribution in [1.29, 1.82) is 0 Å². The molecular formula is C20H28N4. The van der Waals surface area contributed by atoms with Gasteiger partial charge in [0, 0.05) is 30.6 Å². The van der Waals surface area contributed by atoms with E-state index in [9.17, 15) is 0 Å². The lowest BCUT2D eigenvalue weighted by Gasteiger charge is -2.39. The Morgan fingerprint density at radius 1 is 1.08 bits per heavy atom. The standard InChI is InChI=1S/C20H28N4/c1-2-5-16(6-3-1)13-18-14-20(23-22-18)17-8-11-24(12-9-17)19-7-4-10-21-15-19/h1-3,5-6,14,17,19,21H,4,7-13,15H2,(H,22,23)/t19-/m0/s1. The maximum absolute atomic E-state index is 4.62. The lowest BCUT2D eigenvalue weighted by molar-refractivity contribution is 0.129. The molecule has 0 amide bonds. The number of piperidine rings is 2. The lowest BCUT2D eigenvalue weighted by atomic mass is 9.91. The molecule has 4 heteroatoms. The van der Waals surface area contributed by atoms with Crippen LogP contribution in [0, 0.1) is 0 Å². The second-order valence-electron chi connectivity index (χ2n) is 7.29. The van der Waals surface area contributed by atoms with Crippen molar-refractivity contribution in [3.63, 3.8) is 0 Å². The summed E-state index contributed by atoms with van der Waals surface area (Å²) in [7, 11) is 0. The van der Waals surface area contributed by atoms with Gasteiger partial charge in [-0.25, -0.2) is 0 Å². The van der Waals surface area contributed by atoms with Crippen LogP contribution in [0.4, 0.5) is 0 Å². The van der Waals surface area contributed by atoms with Crippen molar-refractivity contribution in [3.05, 3.63) is 53.3 Å². The largest absolute Gasteiger partial charge is 0.315 e. The number of nitrogens with one attached hydrogen (secondary N) is 2. The predicted molar refractivity (Wildman–Crippen MR) is 97.3 cm³/mol. The van der Waals surface area contributed by atoms with E-state index in [-0.39, 0.29) is 0 Å². The molecule has 24 heavy (non-hydrogen) atoms. The fourth-order valence-electron chi connectivity index (χ4n) is 4.20. The fraction of sp³-hybridized carbons (Fsp3) is 0.550. The molecule has 2 aliphatic heterocycles. The number of nitrogens with zero attached hydrogens (tertiary/aromatic N) is 2. The Hall–Kier alpha value is -1.65. The number of likely N-dealkylation sites (tertiary alicyclic amines) is 1. The molecule has 0 spiro atoms. The van der Waals surface area contributed by atoms with Gasteiger partial charge in [0.2, 0.25) is 0 Å². The normalized spacial score (nSPS) is 23.4. The fourth-order valence-corrected chi connectivity index (χ4v) is 4.20. The van der Waals surface area contributed by atoms with Crippen molar-refractivity contribution in [2.24, 2.45) is 0 Å². The molecule has 0 aliphatic carbocycles. The van der Waals surface area contributed by atoms with Crippen LogP contribution >= 0.6 is 0 Å². The van der Waals surface area contributed by atoms with Gasteiger partial charge in [0.1, 0.15) is 0 Å². The monoisotopic (exact) mass is 324 g/mol. The highest BCUT2D eigenvalue weighted by atomic mass is 15.2. The molecule has 128 valence electrons. The SMILES string of the molecule is c1ccc(Cc2cc(C3CCN([C@H]4CCCNC4)CC3)n[nH]2)cc1. The van der Waals surface area contributed by atoms with Crippen LogP contribution < -0.4 is 5.32 Å². The molecule has 4 rings (SSSR count). The summed E-state index contributed by atoms with van der Waals surface area (Å²) in [6.07, 6.45) is 6.12. The summed E-state index contributed by atoms with van der Waals surface area (Å²) in [4.78, 5) is 2.69. The van der Waals surface area contributed by atoms with E-state index in [4.69, 9.17) is 0 Å². The number of benzene rings is 1. The van der Waals surface area contributed by atoms with Gasteiger partial charge in [0.05, 0.1) is 5.69 Å². The van der Waals surface area contributed by atoms with Gasteiger partial charge in [0.25, 0.3) is 0 Å². The predicted octanol–water partition coefficient (Wildman–Crippen LogP) is 2.93. The smallest absolute Gasteiger partial charge is 0.0656 e. The highest BCUT2D eigenvalue weighted by molar-refractivity contribution is 5.23. The molecule has 4 nitrogen and oxygen atoms in total. The van der Waals surface area contributed by atoms with Crippen LogP contribution in [-0.2, 0) is 6.42 Å².